The van der Waals surface area contributed by atoms with Crippen molar-refractivity contribution in [3.05, 3.63) is 18.3 Å². The van der Waals surface area contributed by atoms with E-state index in [0.717, 1.165) is 12.1 Å². The Morgan fingerprint density at radius 1 is 1.47 bits per heavy atom. The summed E-state index contributed by atoms with van der Waals surface area (Å²) in [4.78, 5) is 11.6. The van der Waals surface area contributed by atoms with Crippen molar-refractivity contribution in [2.24, 2.45) is 0 Å². The van der Waals surface area contributed by atoms with Gasteiger partial charge in [-0.05, 0) is 13.3 Å². The average molecular weight is 234 g/mol. The van der Waals surface area contributed by atoms with Crippen LogP contribution in [-0.2, 0) is 4.79 Å². The molecule has 17 heavy (non-hydrogen) atoms. The van der Waals surface area contributed by atoms with Gasteiger partial charge in [0.25, 0.3) is 0 Å². The topological polar surface area (TPSA) is 88.5 Å². The Bertz CT molecular complexity index is 501. The minimum atomic E-state index is -0.0219. The van der Waals surface area contributed by atoms with Gasteiger partial charge in [0.15, 0.2) is 5.82 Å². The molecule has 2 aromatic rings. The molecule has 2 heterocycles. The van der Waals surface area contributed by atoms with Crippen LogP contribution in [0.2, 0.25) is 0 Å². The zero-order chi connectivity index (χ0) is 12.3. The highest BCUT2D eigenvalue weighted by Gasteiger charge is 2.14. The lowest BCUT2D eigenvalue weighted by atomic mass is 10.3. The summed E-state index contributed by atoms with van der Waals surface area (Å²) in [6.07, 6.45) is 4.37. The van der Waals surface area contributed by atoms with E-state index in [0.29, 0.717) is 17.9 Å². The zero-order valence-electron chi connectivity index (χ0n) is 9.77. The van der Waals surface area contributed by atoms with E-state index in [1.807, 2.05) is 13.8 Å². The number of aromatic amines is 1. The van der Waals surface area contributed by atoms with Crippen LogP contribution in [-0.4, -0.2) is 30.9 Å². The van der Waals surface area contributed by atoms with Crippen LogP contribution < -0.4 is 5.32 Å². The number of hydrogen-bond acceptors (Lipinski definition) is 4. The van der Waals surface area contributed by atoms with Crippen LogP contribution in [0, 0.1) is 6.92 Å². The lowest BCUT2D eigenvalue weighted by Gasteiger charge is -2.05. The third-order valence-corrected chi connectivity index (χ3v) is 2.33. The fraction of sp³-hybridized carbons (Fsp3) is 0.400. The van der Waals surface area contributed by atoms with Gasteiger partial charge in [0.2, 0.25) is 5.91 Å². The average Bonchev–Trinajstić information content (AvgIpc) is 2.90. The van der Waals surface area contributed by atoms with Gasteiger partial charge in [-0.1, -0.05) is 6.92 Å². The van der Waals surface area contributed by atoms with E-state index in [1.165, 1.54) is 12.7 Å². The summed E-state index contributed by atoms with van der Waals surface area (Å²) in [6.45, 7) is 3.81. The molecule has 0 saturated carbocycles. The second kappa shape index (κ2) is 4.77. The van der Waals surface area contributed by atoms with Crippen molar-refractivity contribution < 1.29 is 4.79 Å². The maximum atomic E-state index is 11.6. The van der Waals surface area contributed by atoms with E-state index in [4.69, 9.17) is 0 Å². The molecule has 2 aromatic heterocycles. The van der Waals surface area contributed by atoms with Crippen LogP contribution in [0.5, 0.6) is 0 Å². The number of carbonyl (C=O) groups excluding carboxylic acids is 1. The van der Waals surface area contributed by atoms with Crippen molar-refractivity contribution in [1.82, 2.24) is 25.0 Å². The molecule has 0 unspecified atom stereocenters. The van der Waals surface area contributed by atoms with Crippen LogP contribution in [0.4, 0.5) is 5.69 Å². The molecule has 0 aliphatic heterocycles. The molecule has 2 rings (SSSR count). The highest BCUT2D eigenvalue weighted by atomic mass is 16.1. The molecular weight excluding hydrogens is 220 g/mol. The minimum Gasteiger partial charge on any atom is -0.321 e. The van der Waals surface area contributed by atoms with Crippen molar-refractivity contribution >= 4 is 11.6 Å². The molecular formula is C10H14N6O. The second-order valence-corrected chi connectivity index (χ2v) is 3.71. The van der Waals surface area contributed by atoms with Gasteiger partial charge in [-0.3, -0.25) is 14.5 Å². The highest BCUT2D eigenvalue weighted by Crippen LogP contribution is 2.21. The van der Waals surface area contributed by atoms with Crippen molar-refractivity contribution in [3.63, 3.8) is 0 Å². The van der Waals surface area contributed by atoms with E-state index < -0.39 is 0 Å². The number of aryl methyl sites for hydroxylation is 1. The number of nitrogens with zero attached hydrogens (tertiary/aromatic N) is 4. The Kier molecular flexibility index (Phi) is 3.17. The van der Waals surface area contributed by atoms with E-state index in [2.05, 4.69) is 25.7 Å². The fourth-order valence-corrected chi connectivity index (χ4v) is 1.49. The van der Waals surface area contributed by atoms with E-state index in [9.17, 15) is 4.79 Å². The number of anilines is 1. The van der Waals surface area contributed by atoms with Crippen LogP contribution in [0.15, 0.2) is 12.7 Å². The maximum absolute atomic E-state index is 11.6. The van der Waals surface area contributed by atoms with Crippen molar-refractivity contribution in [1.29, 1.82) is 0 Å². The first-order chi connectivity index (χ1) is 8.22. The molecule has 0 spiro atoms. The number of rotatable bonds is 4. The van der Waals surface area contributed by atoms with Gasteiger partial charge in [-0.25, -0.2) is 0 Å². The molecule has 7 heteroatoms. The van der Waals surface area contributed by atoms with Gasteiger partial charge in [0, 0.05) is 6.42 Å². The summed E-state index contributed by atoms with van der Waals surface area (Å²) in [5, 5.41) is 17.2. The predicted octanol–water partition coefficient (Wildman–Crippen LogP) is 1.04. The number of amides is 1. The minimum absolute atomic E-state index is 0.0219. The van der Waals surface area contributed by atoms with Gasteiger partial charge in [-0.15, -0.1) is 10.2 Å². The molecule has 0 aliphatic rings. The van der Waals surface area contributed by atoms with Crippen LogP contribution in [0.3, 0.4) is 0 Å². The summed E-state index contributed by atoms with van der Waals surface area (Å²) in [5.41, 5.74) is 1.47. The number of nitrogens with one attached hydrogen (secondary N) is 2. The molecule has 7 nitrogen and oxygen atoms in total. The lowest BCUT2D eigenvalue weighted by molar-refractivity contribution is -0.116. The summed E-state index contributed by atoms with van der Waals surface area (Å²) in [6, 6.07) is 0. The maximum Gasteiger partial charge on any atom is 0.224 e. The largest absolute Gasteiger partial charge is 0.321 e. The molecule has 2 N–H and O–H groups in total. The summed E-state index contributed by atoms with van der Waals surface area (Å²) < 4.78 is 1.64. The SMILES string of the molecule is CCCC(=O)Nc1c(-n2cnnc2)n[nH]c1C. The monoisotopic (exact) mass is 234 g/mol. The molecule has 0 bridgehead atoms. The number of aromatic nitrogens is 5. The Balaban J connectivity index is 2.27. The first kappa shape index (κ1) is 11.3. The Labute approximate surface area is 98.2 Å². The first-order valence-electron chi connectivity index (χ1n) is 5.42. The van der Waals surface area contributed by atoms with E-state index in [-0.39, 0.29) is 5.91 Å². The highest BCUT2D eigenvalue weighted by molar-refractivity contribution is 5.93. The van der Waals surface area contributed by atoms with Crippen molar-refractivity contribution in [3.8, 4) is 5.82 Å². The normalized spacial score (nSPS) is 10.5. The molecule has 90 valence electrons. The molecule has 0 radical (unpaired) electrons. The smallest absolute Gasteiger partial charge is 0.224 e. The summed E-state index contributed by atoms with van der Waals surface area (Å²) in [7, 11) is 0. The quantitative estimate of drug-likeness (QED) is 0.827. The Morgan fingerprint density at radius 3 is 2.82 bits per heavy atom. The van der Waals surface area contributed by atoms with Gasteiger partial charge in [0.1, 0.15) is 18.3 Å². The van der Waals surface area contributed by atoms with Gasteiger partial charge >= 0.3 is 0 Å². The zero-order valence-corrected chi connectivity index (χ0v) is 9.77. The third kappa shape index (κ3) is 2.32. The van der Waals surface area contributed by atoms with Crippen LogP contribution in [0.25, 0.3) is 5.82 Å². The lowest BCUT2D eigenvalue weighted by Crippen LogP contribution is -2.12. The number of carbonyl (C=O) groups is 1. The van der Waals surface area contributed by atoms with Gasteiger partial charge in [0.05, 0.1) is 5.69 Å². The summed E-state index contributed by atoms with van der Waals surface area (Å²) >= 11 is 0. The molecule has 1 amide bonds. The van der Waals surface area contributed by atoms with Crippen LogP contribution in [0.1, 0.15) is 25.5 Å². The molecule has 0 saturated heterocycles. The first-order valence-corrected chi connectivity index (χ1v) is 5.42. The molecule has 0 fully saturated rings. The summed E-state index contributed by atoms with van der Waals surface area (Å²) in [5.74, 6) is 0.572. The molecule has 0 aliphatic carbocycles. The molecule has 0 aromatic carbocycles. The second-order valence-electron chi connectivity index (χ2n) is 3.71. The molecule has 0 atom stereocenters. The van der Waals surface area contributed by atoms with Crippen molar-refractivity contribution in [2.75, 3.05) is 5.32 Å². The van der Waals surface area contributed by atoms with E-state index in [1.54, 1.807) is 4.57 Å². The number of hydrogen-bond donors (Lipinski definition) is 2. The van der Waals surface area contributed by atoms with Crippen LogP contribution >= 0.6 is 0 Å². The third-order valence-electron chi connectivity index (χ3n) is 2.33. The van der Waals surface area contributed by atoms with E-state index >= 15 is 0 Å². The van der Waals surface area contributed by atoms with Gasteiger partial charge in [-0.2, -0.15) is 5.10 Å². The van der Waals surface area contributed by atoms with Gasteiger partial charge < -0.3 is 5.32 Å². The Hall–Kier alpha value is -2.18. The fourth-order valence-electron chi connectivity index (χ4n) is 1.49. The van der Waals surface area contributed by atoms with Crippen molar-refractivity contribution in [2.45, 2.75) is 26.7 Å². The Morgan fingerprint density at radius 2 is 2.18 bits per heavy atom. The number of H-pyrrole nitrogens is 1. The standard InChI is InChI=1S/C10H14N6O/c1-3-4-8(17)13-9-7(2)14-15-10(9)16-5-11-12-6-16/h5-6H,3-4H2,1-2H3,(H,13,17)(H,14,15). The predicted molar refractivity (Wildman–Crippen MR) is 61.8 cm³/mol.